The van der Waals surface area contributed by atoms with E-state index in [0.717, 1.165) is 26.2 Å². The number of thiophene rings is 1. The molecule has 0 saturated carbocycles. The van der Waals surface area contributed by atoms with E-state index in [9.17, 15) is 15.2 Å². The molecule has 0 bridgehead atoms. The van der Waals surface area contributed by atoms with Crippen molar-refractivity contribution in [3.05, 3.63) is 21.1 Å². The number of nitro groups is 1. The summed E-state index contributed by atoms with van der Waals surface area (Å²) in [6.07, 6.45) is 1.82. The average Bonchev–Trinajstić information content (AvgIpc) is 3.04. The van der Waals surface area contributed by atoms with E-state index in [1.807, 2.05) is 11.9 Å². The van der Waals surface area contributed by atoms with Gasteiger partial charge in [-0.3, -0.25) is 10.1 Å². The zero-order chi connectivity index (χ0) is 14.7. The van der Waals surface area contributed by atoms with Crippen LogP contribution in [0.3, 0.4) is 0 Å². The molecule has 6 nitrogen and oxygen atoms in total. The van der Waals surface area contributed by atoms with Gasteiger partial charge in [-0.05, 0) is 32.9 Å². The first-order chi connectivity index (χ1) is 9.49. The normalized spacial score (nSPS) is 17.4. The first-order valence-electron chi connectivity index (χ1n) is 6.88. The molecule has 1 aromatic heterocycles. The molecule has 1 aliphatic rings. The minimum atomic E-state index is -0.667. The number of anilines is 1. The Morgan fingerprint density at radius 1 is 1.55 bits per heavy atom. The SMILES string of the molecule is C[C@@H](O)c1cc([N+](=O)[O-])c(N(C)CCN2CCCC2)s1. The largest absolute Gasteiger partial charge is 0.388 e. The Hall–Kier alpha value is -1.18. The maximum atomic E-state index is 11.1. The van der Waals surface area contributed by atoms with Gasteiger partial charge in [0.05, 0.1) is 11.0 Å². The van der Waals surface area contributed by atoms with Crippen molar-refractivity contribution >= 4 is 22.0 Å². The molecule has 2 rings (SSSR count). The number of hydrogen-bond acceptors (Lipinski definition) is 6. The Labute approximate surface area is 122 Å². The Bertz CT molecular complexity index is 469. The van der Waals surface area contributed by atoms with E-state index in [-0.39, 0.29) is 10.6 Å². The molecule has 0 amide bonds. The van der Waals surface area contributed by atoms with Crippen molar-refractivity contribution in [2.24, 2.45) is 0 Å². The summed E-state index contributed by atoms with van der Waals surface area (Å²) in [5.74, 6) is 0. The number of aliphatic hydroxyl groups excluding tert-OH is 1. The summed E-state index contributed by atoms with van der Waals surface area (Å²) in [6.45, 7) is 5.57. The molecule has 1 N–H and O–H groups in total. The fourth-order valence-electron chi connectivity index (χ4n) is 2.40. The minimum Gasteiger partial charge on any atom is -0.388 e. The van der Waals surface area contributed by atoms with Crippen LogP contribution in [0.5, 0.6) is 0 Å². The van der Waals surface area contributed by atoms with Crippen LogP contribution in [0.25, 0.3) is 0 Å². The van der Waals surface area contributed by atoms with E-state index in [4.69, 9.17) is 0 Å². The number of nitrogens with zero attached hydrogens (tertiary/aromatic N) is 3. The van der Waals surface area contributed by atoms with Crippen molar-refractivity contribution in [3.63, 3.8) is 0 Å². The van der Waals surface area contributed by atoms with Gasteiger partial charge < -0.3 is 14.9 Å². The Balaban J connectivity index is 2.06. The molecule has 1 aliphatic heterocycles. The Kier molecular flexibility index (Phi) is 4.95. The third-order valence-electron chi connectivity index (χ3n) is 3.62. The van der Waals surface area contributed by atoms with Gasteiger partial charge in [-0.25, -0.2) is 0 Å². The van der Waals surface area contributed by atoms with Gasteiger partial charge >= 0.3 is 5.69 Å². The van der Waals surface area contributed by atoms with Crippen molar-refractivity contribution < 1.29 is 10.0 Å². The first-order valence-corrected chi connectivity index (χ1v) is 7.70. The minimum absolute atomic E-state index is 0.0924. The van der Waals surface area contributed by atoms with Crippen LogP contribution >= 0.6 is 11.3 Å². The Morgan fingerprint density at radius 3 is 2.75 bits per heavy atom. The maximum absolute atomic E-state index is 11.1. The van der Waals surface area contributed by atoms with Crippen LogP contribution in [-0.4, -0.2) is 48.2 Å². The number of likely N-dealkylation sites (tertiary alicyclic amines) is 1. The van der Waals surface area contributed by atoms with E-state index in [1.54, 1.807) is 6.92 Å². The highest BCUT2D eigenvalue weighted by Crippen LogP contribution is 2.39. The maximum Gasteiger partial charge on any atom is 0.304 e. The van der Waals surface area contributed by atoms with Gasteiger partial charge in [0, 0.05) is 31.1 Å². The van der Waals surface area contributed by atoms with Crippen molar-refractivity contribution in [1.82, 2.24) is 4.90 Å². The lowest BCUT2D eigenvalue weighted by molar-refractivity contribution is -0.383. The molecule has 112 valence electrons. The first kappa shape index (κ1) is 15.2. The van der Waals surface area contributed by atoms with Crippen molar-refractivity contribution in [2.75, 3.05) is 38.1 Å². The summed E-state index contributed by atoms with van der Waals surface area (Å²) >= 11 is 1.30. The predicted molar refractivity (Wildman–Crippen MR) is 80.6 cm³/mol. The zero-order valence-electron chi connectivity index (χ0n) is 11.9. The summed E-state index contributed by atoms with van der Waals surface area (Å²) in [4.78, 5) is 15.7. The molecular formula is C13H21N3O3S. The van der Waals surface area contributed by atoms with E-state index in [0.29, 0.717) is 9.88 Å². The lowest BCUT2D eigenvalue weighted by Gasteiger charge is -2.21. The molecule has 2 heterocycles. The molecule has 0 spiro atoms. The van der Waals surface area contributed by atoms with E-state index < -0.39 is 6.10 Å². The van der Waals surface area contributed by atoms with E-state index in [2.05, 4.69) is 4.90 Å². The van der Waals surface area contributed by atoms with Crippen LogP contribution in [-0.2, 0) is 0 Å². The quantitative estimate of drug-likeness (QED) is 0.644. The smallest absolute Gasteiger partial charge is 0.304 e. The van der Waals surface area contributed by atoms with Crippen LogP contribution in [0.4, 0.5) is 10.7 Å². The van der Waals surface area contributed by atoms with Gasteiger partial charge in [0.25, 0.3) is 0 Å². The van der Waals surface area contributed by atoms with Crippen LogP contribution < -0.4 is 4.90 Å². The molecule has 1 saturated heterocycles. The van der Waals surface area contributed by atoms with E-state index in [1.165, 1.54) is 30.2 Å². The van der Waals surface area contributed by atoms with Gasteiger partial charge in [0.15, 0.2) is 5.00 Å². The van der Waals surface area contributed by atoms with Gasteiger partial charge in [-0.1, -0.05) is 0 Å². The molecule has 20 heavy (non-hydrogen) atoms. The fraction of sp³-hybridized carbons (Fsp3) is 0.692. The summed E-state index contributed by atoms with van der Waals surface area (Å²) in [7, 11) is 1.88. The number of rotatable bonds is 6. The highest BCUT2D eigenvalue weighted by Gasteiger charge is 2.24. The van der Waals surface area contributed by atoms with Gasteiger partial charge in [-0.2, -0.15) is 0 Å². The summed E-state index contributed by atoms with van der Waals surface area (Å²) in [5.41, 5.74) is 0.0924. The van der Waals surface area contributed by atoms with E-state index >= 15 is 0 Å². The standard InChI is InChI=1S/C13H21N3O3S/c1-10(17)12-9-11(16(18)19)13(20-12)14(2)7-8-15-5-3-4-6-15/h9-10,17H,3-8H2,1-2H3/t10-/m1/s1. The summed E-state index contributed by atoms with van der Waals surface area (Å²) in [5, 5.41) is 21.3. The highest BCUT2D eigenvalue weighted by atomic mass is 32.1. The lowest BCUT2D eigenvalue weighted by atomic mass is 10.3. The molecule has 7 heteroatoms. The molecule has 0 unspecified atom stereocenters. The molecule has 1 aromatic rings. The lowest BCUT2D eigenvalue weighted by Crippen LogP contribution is -2.31. The van der Waals surface area contributed by atoms with Crippen molar-refractivity contribution in [2.45, 2.75) is 25.9 Å². The van der Waals surface area contributed by atoms with Crippen molar-refractivity contribution in [3.8, 4) is 0 Å². The summed E-state index contributed by atoms with van der Waals surface area (Å²) in [6, 6.07) is 1.48. The van der Waals surface area contributed by atoms with Crippen LogP contribution in [0.1, 0.15) is 30.7 Å². The number of aliphatic hydroxyl groups is 1. The highest BCUT2D eigenvalue weighted by molar-refractivity contribution is 7.16. The second-order valence-corrected chi connectivity index (χ2v) is 6.30. The van der Waals surface area contributed by atoms with Gasteiger partial charge in [0.2, 0.25) is 0 Å². The fourth-order valence-corrected chi connectivity index (χ4v) is 3.45. The predicted octanol–water partition coefficient (Wildman–Crippen LogP) is 2.24. The molecule has 0 aliphatic carbocycles. The van der Waals surface area contributed by atoms with Gasteiger partial charge in [-0.15, -0.1) is 11.3 Å². The zero-order valence-corrected chi connectivity index (χ0v) is 12.7. The molecule has 0 radical (unpaired) electrons. The van der Waals surface area contributed by atoms with Crippen molar-refractivity contribution in [1.29, 1.82) is 0 Å². The number of hydrogen-bond donors (Lipinski definition) is 1. The molecular weight excluding hydrogens is 278 g/mol. The van der Waals surface area contributed by atoms with Crippen LogP contribution in [0.15, 0.2) is 6.07 Å². The van der Waals surface area contributed by atoms with Gasteiger partial charge in [0.1, 0.15) is 0 Å². The topological polar surface area (TPSA) is 69.8 Å². The second kappa shape index (κ2) is 6.51. The summed E-state index contributed by atoms with van der Waals surface area (Å²) < 4.78 is 0. The van der Waals surface area contributed by atoms with Crippen LogP contribution in [0, 0.1) is 10.1 Å². The average molecular weight is 299 g/mol. The monoisotopic (exact) mass is 299 g/mol. The molecule has 1 atom stereocenters. The molecule has 0 aromatic carbocycles. The number of likely N-dealkylation sites (N-methyl/N-ethyl adjacent to an activating group) is 1. The molecule has 1 fully saturated rings. The third kappa shape index (κ3) is 3.47. The third-order valence-corrected chi connectivity index (χ3v) is 5.03. The second-order valence-electron chi connectivity index (χ2n) is 5.24. The Morgan fingerprint density at radius 2 is 2.20 bits per heavy atom. The van der Waals surface area contributed by atoms with Crippen LogP contribution in [0.2, 0.25) is 0 Å².